The molecule has 0 unspecified atom stereocenters. The van der Waals surface area contributed by atoms with Crippen LogP contribution in [0.1, 0.15) is 36.8 Å². The molecule has 1 aromatic rings. The number of nitrogens with two attached hydrogens (primary N) is 1. The molecular formula is C12H16ClNO. The average Bonchev–Trinajstić information content (AvgIpc) is 2.60. The third-order valence-electron chi connectivity index (χ3n) is 3.31. The predicted octanol–water partition coefficient (Wildman–Crippen LogP) is 3.08. The molecule has 15 heavy (non-hydrogen) atoms. The summed E-state index contributed by atoms with van der Waals surface area (Å²) >= 11 is 6.06. The topological polar surface area (TPSA) is 46.2 Å². The second-order valence-electron chi connectivity index (χ2n) is 4.48. The molecule has 1 aliphatic carbocycles. The first-order valence-corrected chi connectivity index (χ1v) is 5.69. The Labute approximate surface area is 95.1 Å². The Kier molecular flexibility index (Phi) is 2.65. The van der Waals surface area contributed by atoms with Gasteiger partial charge >= 0.3 is 0 Å². The van der Waals surface area contributed by atoms with Crippen molar-refractivity contribution in [2.75, 3.05) is 0 Å². The highest BCUT2D eigenvalue weighted by atomic mass is 35.5. The van der Waals surface area contributed by atoms with Crippen molar-refractivity contribution in [3.63, 3.8) is 0 Å². The molecule has 0 atom stereocenters. The minimum absolute atomic E-state index is 0.279. The summed E-state index contributed by atoms with van der Waals surface area (Å²) in [6.45, 7) is 1.88. The number of rotatable bonds is 1. The third-order valence-corrected chi connectivity index (χ3v) is 3.72. The van der Waals surface area contributed by atoms with Crippen LogP contribution in [0, 0.1) is 6.92 Å². The summed E-state index contributed by atoms with van der Waals surface area (Å²) in [5, 5.41) is 10.6. The zero-order valence-electron chi connectivity index (χ0n) is 8.89. The van der Waals surface area contributed by atoms with Gasteiger partial charge in [0, 0.05) is 16.1 Å². The molecule has 0 aromatic heterocycles. The summed E-state index contributed by atoms with van der Waals surface area (Å²) in [4.78, 5) is 0. The van der Waals surface area contributed by atoms with Crippen LogP contribution < -0.4 is 5.73 Å². The van der Waals surface area contributed by atoms with E-state index in [9.17, 15) is 5.11 Å². The molecule has 0 amide bonds. The molecule has 0 spiro atoms. The van der Waals surface area contributed by atoms with Crippen LogP contribution in [0.15, 0.2) is 12.1 Å². The summed E-state index contributed by atoms with van der Waals surface area (Å²) in [5.41, 5.74) is 7.60. The normalized spacial score (nSPS) is 19.4. The number of hydrogen-bond acceptors (Lipinski definition) is 2. The van der Waals surface area contributed by atoms with Crippen molar-refractivity contribution in [2.24, 2.45) is 5.73 Å². The van der Waals surface area contributed by atoms with Crippen LogP contribution in [0.25, 0.3) is 0 Å². The molecule has 1 aliphatic rings. The Hall–Kier alpha value is -0.730. The SMILES string of the molecule is Cc1cc(O)c(C2(N)CCCC2)cc1Cl. The first kappa shape index (κ1) is 10.8. The molecule has 1 aromatic carbocycles. The molecule has 0 bridgehead atoms. The summed E-state index contributed by atoms with van der Waals surface area (Å²) < 4.78 is 0. The Morgan fingerprint density at radius 2 is 1.93 bits per heavy atom. The number of phenolic OH excluding ortho intramolecular Hbond substituents is 1. The second kappa shape index (κ2) is 3.69. The molecule has 1 fully saturated rings. The zero-order chi connectivity index (χ0) is 11.1. The van der Waals surface area contributed by atoms with Gasteiger partial charge in [-0.15, -0.1) is 0 Å². The molecule has 2 nitrogen and oxygen atoms in total. The highest BCUT2D eigenvalue weighted by Gasteiger charge is 2.33. The van der Waals surface area contributed by atoms with Gasteiger partial charge in [-0.25, -0.2) is 0 Å². The van der Waals surface area contributed by atoms with Crippen molar-refractivity contribution in [1.82, 2.24) is 0 Å². The molecule has 2 rings (SSSR count). The van der Waals surface area contributed by atoms with Crippen molar-refractivity contribution < 1.29 is 5.11 Å². The Balaban J connectivity index is 2.48. The molecule has 0 radical (unpaired) electrons. The lowest BCUT2D eigenvalue weighted by Crippen LogP contribution is -2.33. The van der Waals surface area contributed by atoms with Crippen molar-refractivity contribution in [2.45, 2.75) is 38.1 Å². The minimum Gasteiger partial charge on any atom is -0.508 e. The van der Waals surface area contributed by atoms with Gasteiger partial charge in [0.25, 0.3) is 0 Å². The standard InChI is InChI=1S/C12H16ClNO/c1-8-6-11(15)9(7-10(8)13)12(14)4-2-3-5-12/h6-7,15H,2-5,14H2,1H3. The van der Waals surface area contributed by atoms with E-state index in [1.165, 1.54) is 0 Å². The number of phenols is 1. The van der Waals surface area contributed by atoms with Gasteiger partial charge < -0.3 is 10.8 Å². The predicted molar refractivity (Wildman–Crippen MR) is 62.2 cm³/mol. The summed E-state index contributed by atoms with van der Waals surface area (Å²) in [7, 11) is 0. The van der Waals surface area contributed by atoms with E-state index < -0.39 is 0 Å². The number of benzene rings is 1. The van der Waals surface area contributed by atoms with Crippen molar-refractivity contribution in [1.29, 1.82) is 0 Å². The van der Waals surface area contributed by atoms with E-state index in [-0.39, 0.29) is 11.3 Å². The lowest BCUT2D eigenvalue weighted by atomic mass is 9.88. The largest absolute Gasteiger partial charge is 0.508 e. The molecule has 82 valence electrons. The van der Waals surface area contributed by atoms with E-state index in [2.05, 4.69) is 0 Å². The zero-order valence-corrected chi connectivity index (χ0v) is 9.64. The summed E-state index contributed by atoms with van der Waals surface area (Å²) in [6.07, 6.45) is 4.11. The van der Waals surface area contributed by atoms with Crippen LogP contribution >= 0.6 is 11.6 Å². The quantitative estimate of drug-likeness (QED) is 0.772. The maximum Gasteiger partial charge on any atom is 0.120 e. The van der Waals surface area contributed by atoms with Gasteiger partial charge in [-0.2, -0.15) is 0 Å². The van der Waals surface area contributed by atoms with Crippen LogP contribution in [0.4, 0.5) is 0 Å². The first-order chi connectivity index (χ1) is 7.03. The molecule has 3 heteroatoms. The van der Waals surface area contributed by atoms with E-state index >= 15 is 0 Å². The number of halogens is 1. The molecular weight excluding hydrogens is 210 g/mol. The maximum atomic E-state index is 9.90. The summed E-state index contributed by atoms with van der Waals surface area (Å²) in [5.74, 6) is 0.279. The first-order valence-electron chi connectivity index (χ1n) is 5.31. The van der Waals surface area contributed by atoms with Gasteiger partial charge in [-0.05, 0) is 37.5 Å². The van der Waals surface area contributed by atoms with Crippen LogP contribution in [0.3, 0.4) is 0 Å². The molecule has 0 saturated heterocycles. The second-order valence-corrected chi connectivity index (χ2v) is 4.89. The van der Waals surface area contributed by atoms with E-state index in [0.29, 0.717) is 5.02 Å². The highest BCUT2D eigenvalue weighted by Crippen LogP contribution is 2.41. The number of hydrogen-bond donors (Lipinski definition) is 2. The molecule has 1 saturated carbocycles. The molecule has 0 aliphatic heterocycles. The van der Waals surface area contributed by atoms with E-state index in [0.717, 1.165) is 36.8 Å². The van der Waals surface area contributed by atoms with Crippen molar-refractivity contribution in [3.05, 3.63) is 28.3 Å². The number of aryl methyl sites for hydroxylation is 1. The summed E-state index contributed by atoms with van der Waals surface area (Å²) in [6, 6.07) is 3.52. The lowest BCUT2D eigenvalue weighted by molar-refractivity contribution is 0.409. The third kappa shape index (κ3) is 1.84. The van der Waals surface area contributed by atoms with Gasteiger partial charge in [0.05, 0.1) is 0 Å². The van der Waals surface area contributed by atoms with Crippen LogP contribution in [0.2, 0.25) is 5.02 Å². The van der Waals surface area contributed by atoms with E-state index in [1.54, 1.807) is 6.07 Å². The van der Waals surface area contributed by atoms with E-state index in [4.69, 9.17) is 17.3 Å². The average molecular weight is 226 g/mol. The van der Waals surface area contributed by atoms with Crippen molar-refractivity contribution >= 4 is 11.6 Å². The Bertz CT molecular complexity index is 383. The smallest absolute Gasteiger partial charge is 0.120 e. The van der Waals surface area contributed by atoms with Crippen LogP contribution in [0.5, 0.6) is 5.75 Å². The van der Waals surface area contributed by atoms with Crippen LogP contribution in [-0.4, -0.2) is 5.11 Å². The Morgan fingerprint density at radius 3 is 2.53 bits per heavy atom. The van der Waals surface area contributed by atoms with Gasteiger partial charge in [-0.3, -0.25) is 0 Å². The number of aromatic hydroxyl groups is 1. The highest BCUT2D eigenvalue weighted by molar-refractivity contribution is 6.31. The van der Waals surface area contributed by atoms with Gasteiger partial charge in [0.2, 0.25) is 0 Å². The van der Waals surface area contributed by atoms with Crippen molar-refractivity contribution in [3.8, 4) is 5.75 Å². The maximum absolute atomic E-state index is 9.90. The Morgan fingerprint density at radius 1 is 1.33 bits per heavy atom. The van der Waals surface area contributed by atoms with Gasteiger partial charge in [-0.1, -0.05) is 24.4 Å². The molecule has 0 heterocycles. The monoisotopic (exact) mass is 225 g/mol. The van der Waals surface area contributed by atoms with Gasteiger partial charge in [0.15, 0.2) is 0 Å². The fourth-order valence-electron chi connectivity index (χ4n) is 2.34. The fraction of sp³-hybridized carbons (Fsp3) is 0.500. The lowest BCUT2D eigenvalue weighted by Gasteiger charge is -2.25. The van der Waals surface area contributed by atoms with Crippen LogP contribution in [-0.2, 0) is 5.54 Å². The minimum atomic E-state index is -0.374. The van der Waals surface area contributed by atoms with Gasteiger partial charge in [0.1, 0.15) is 5.75 Å². The molecule has 3 N–H and O–H groups in total. The van der Waals surface area contributed by atoms with E-state index in [1.807, 2.05) is 13.0 Å². The fourth-order valence-corrected chi connectivity index (χ4v) is 2.50.